The van der Waals surface area contributed by atoms with Gasteiger partial charge in [-0.2, -0.15) is 0 Å². The summed E-state index contributed by atoms with van der Waals surface area (Å²) < 4.78 is 19.5. The molecule has 1 aromatic heterocycles. The van der Waals surface area contributed by atoms with Crippen molar-refractivity contribution in [3.63, 3.8) is 0 Å². The van der Waals surface area contributed by atoms with Gasteiger partial charge in [-0.15, -0.1) is 0 Å². The fourth-order valence-corrected chi connectivity index (χ4v) is 2.28. The Hall–Kier alpha value is -2.95. The molecule has 0 aliphatic carbocycles. The smallest absolute Gasteiger partial charge is 0.224 e. The molecule has 1 heterocycles. The molecule has 3 rings (SSSR count). The Labute approximate surface area is 131 Å². The van der Waals surface area contributed by atoms with Crippen LogP contribution in [0.4, 0.5) is 10.1 Å². The normalized spacial score (nSPS) is 10.7. The first-order valence-electron chi connectivity index (χ1n) is 7.21. The SMILES string of the molecule is CCC(=O)Nc1ccc2oc(-c3ccccc3F)cc(=O)c2c1. The zero-order chi connectivity index (χ0) is 16.4. The van der Waals surface area contributed by atoms with E-state index in [-0.39, 0.29) is 22.7 Å². The molecule has 0 spiro atoms. The Morgan fingerprint density at radius 3 is 2.70 bits per heavy atom. The third-order valence-electron chi connectivity index (χ3n) is 3.47. The number of hydrogen-bond donors (Lipinski definition) is 1. The minimum Gasteiger partial charge on any atom is -0.456 e. The van der Waals surface area contributed by atoms with Gasteiger partial charge in [-0.25, -0.2) is 4.39 Å². The van der Waals surface area contributed by atoms with E-state index in [2.05, 4.69) is 5.32 Å². The van der Waals surface area contributed by atoms with E-state index in [0.717, 1.165) is 0 Å². The van der Waals surface area contributed by atoms with Crippen molar-refractivity contribution in [1.82, 2.24) is 0 Å². The lowest BCUT2D eigenvalue weighted by atomic mass is 10.1. The standard InChI is InChI=1S/C18H14FNO3/c1-2-18(22)20-11-7-8-16-13(9-11)15(21)10-17(23-16)12-5-3-4-6-14(12)19/h3-10H,2H2,1H3,(H,20,22). The molecule has 0 aliphatic rings. The summed E-state index contributed by atoms with van der Waals surface area (Å²) in [5.74, 6) is -0.426. The van der Waals surface area contributed by atoms with Crippen molar-refractivity contribution in [1.29, 1.82) is 0 Å². The van der Waals surface area contributed by atoms with Gasteiger partial charge in [0.25, 0.3) is 0 Å². The Morgan fingerprint density at radius 2 is 1.96 bits per heavy atom. The third-order valence-corrected chi connectivity index (χ3v) is 3.47. The van der Waals surface area contributed by atoms with Crippen LogP contribution in [0.15, 0.2) is 57.7 Å². The van der Waals surface area contributed by atoms with Crippen LogP contribution >= 0.6 is 0 Å². The maximum atomic E-state index is 13.8. The average Bonchev–Trinajstić information content (AvgIpc) is 2.55. The molecule has 1 amide bonds. The highest BCUT2D eigenvalue weighted by Gasteiger charge is 2.11. The molecule has 4 nitrogen and oxygen atoms in total. The number of fused-ring (bicyclic) bond motifs is 1. The van der Waals surface area contributed by atoms with Crippen LogP contribution < -0.4 is 10.7 Å². The number of nitrogens with one attached hydrogen (secondary N) is 1. The van der Waals surface area contributed by atoms with E-state index in [1.165, 1.54) is 12.1 Å². The Bertz CT molecular complexity index is 946. The van der Waals surface area contributed by atoms with E-state index in [9.17, 15) is 14.0 Å². The van der Waals surface area contributed by atoms with E-state index >= 15 is 0 Å². The van der Waals surface area contributed by atoms with Crippen LogP contribution in [-0.4, -0.2) is 5.91 Å². The van der Waals surface area contributed by atoms with Gasteiger partial charge in [0.1, 0.15) is 17.2 Å². The van der Waals surface area contributed by atoms with Crippen LogP contribution in [-0.2, 0) is 4.79 Å². The average molecular weight is 311 g/mol. The summed E-state index contributed by atoms with van der Waals surface area (Å²) in [5.41, 5.74) is 0.799. The molecule has 0 radical (unpaired) electrons. The van der Waals surface area contributed by atoms with Gasteiger partial charge < -0.3 is 9.73 Å². The molecule has 116 valence electrons. The highest BCUT2D eigenvalue weighted by Crippen LogP contribution is 2.25. The quantitative estimate of drug-likeness (QED) is 0.797. The number of carbonyl (C=O) groups is 1. The molecule has 5 heteroatoms. The van der Waals surface area contributed by atoms with Gasteiger partial charge in [-0.3, -0.25) is 9.59 Å². The number of carbonyl (C=O) groups excluding carboxylic acids is 1. The summed E-state index contributed by atoms with van der Waals surface area (Å²) in [7, 11) is 0. The van der Waals surface area contributed by atoms with Gasteiger partial charge in [0.05, 0.1) is 10.9 Å². The van der Waals surface area contributed by atoms with Gasteiger partial charge in [0.2, 0.25) is 5.91 Å². The predicted molar refractivity (Wildman–Crippen MR) is 86.8 cm³/mol. The Balaban J connectivity index is 2.10. The summed E-state index contributed by atoms with van der Waals surface area (Å²) in [4.78, 5) is 23.7. The third kappa shape index (κ3) is 2.99. The second-order valence-corrected chi connectivity index (χ2v) is 5.07. The number of benzene rings is 2. The molecule has 0 fully saturated rings. The topological polar surface area (TPSA) is 59.3 Å². The molecule has 2 aromatic carbocycles. The van der Waals surface area contributed by atoms with Gasteiger partial charge in [0, 0.05) is 18.2 Å². The summed E-state index contributed by atoms with van der Waals surface area (Å²) >= 11 is 0. The van der Waals surface area contributed by atoms with Crippen molar-refractivity contribution >= 4 is 22.6 Å². The minimum absolute atomic E-state index is 0.142. The van der Waals surface area contributed by atoms with Crippen LogP contribution in [0, 0.1) is 5.82 Å². The molecule has 0 saturated heterocycles. The molecular weight excluding hydrogens is 297 g/mol. The van der Waals surface area contributed by atoms with Crippen LogP contribution in [0.5, 0.6) is 0 Å². The maximum Gasteiger partial charge on any atom is 0.224 e. The monoisotopic (exact) mass is 311 g/mol. The van der Waals surface area contributed by atoms with Crippen LogP contribution in [0.25, 0.3) is 22.3 Å². The van der Waals surface area contributed by atoms with Crippen LogP contribution in [0.2, 0.25) is 0 Å². The Kier molecular flexibility index (Phi) is 3.93. The first-order chi connectivity index (χ1) is 11.1. The van der Waals surface area contributed by atoms with Gasteiger partial charge in [0.15, 0.2) is 5.43 Å². The fourth-order valence-electron chi connectivity index (χ4n) is 2.28. The fraction of sp³-hybridized carbons (Fsp3) is 0.111. The molecular formula is C18H14FNO3. The van der Waals surface area contributed by atoms with Crippen LogP contribution in [0.3, 0.4) is 0 Å². The van der Waals surface area contributed by atoms with Crippen molar-refractivity contribution < 1.29 is 13.6 Å². The van der Waals surface area contributed by atoms with Gasteiger partial charge in [-0.05, 0) is 30.3 Å². The van der Waals surface area contributed by atoms with Crippen molar-refractivity contribution in [2.75, 3.05) is 5.32 Å². The lowest BCUT2D eigenvalue weighted by Crippen LogP contribution is -2.10. The number of anilines is 1. The summed E-state index contributed by atoms with van der Waals surface area (Å²) in [6, 6.07) is 12.1. The molecule has 0 unspecified atom stereocenters. The lowest BCUT2D eigenvalue weighted by Gasteiger charge is -2.07. The molecule has 0 saturated carbocycles. The number of rotatable bonds is 3. The summed E-state index contributed by atoms with van der Waals surface area (Å²) in [6.07, 6.45) is 0.346. The minimum atomic E-state index is -0.457. The van der Waals surface area contributed by atoms with Gasteiger partial charge in [-0.1, -0.05) is 19.1 Å². The highest BCUT2D eigenvalue weighted by atomic mass is 19.1. The maximum absolute atomic E-state index is 13.8. The Morgan fingerprint density at radius 1 is 1.17 bits per heavy atom. The van der Waals surface area contributed by atoms with Crippen molar-refractivity contribution in [2.45, 2.75) is 13.3 Å². The number of hydrogen-bond acceptors (Lipinski definition) is 3. The van der Waals surface area contributed by atoms with Crippen molar-refractivity contribution in [3.05, 3.63) is 64.6 Å². The first kappa shape index (κ1) is 15.0. The highest BCUT2D eigenvalue weighted by molar-refractivity contribution is 5.93. The van der Waals surface area contributed by atoms with E-state index in [4.69, 9.17) is 4.42 Å². The second-order valence-electron chi connectivity index (χ2n) is 5.07. The zero-order valence-electron chi connectivity index (χ0n) is 12.4. The van der Waals surface area contributed by atoms with Crippen molar-refractivity contribution in [2.24, 2.45) is 0 Å². The van der Waals surface area contributed by atoms with E-state index in [0.29, 0.717) is 23.1 Å². The molecule has 1 N–H and O–H groups in total. The summed E-state index contributed by atoms with van der Waals surface area (Å²) in [5, 5.41) is 3.02. The van der Waals surface area contributed by atoms with Gasteiger partial charge >= 0.3 is 0 Å². The molecule has 0 bridgehead atoms. The van der Waals surface area contributed by atoms with E-state index < -0.39 is 5.82 Å². The number of amides is 1. The molecule has 3 aromatic rings. The predicted octanol–water partition coefficient (Wildman–Crippen LogP) is 3.95. The van der Waals surface area contributed by atoms with E-state index in [1.54, 1.807) is 43.3 Å². The zero-order valence-corrected chi connectivity index (χ0v) is 12.4. The molecule has 23 heavy (non-hydrogen) atoms. The first-order valence-corrected chi connectivity index (χ1v) is 7.21. The second kappa shape index (κ2) is 6.04. The van der Waals surface area contributed by atoms with Crippen molar-refractivity contribution in [3.8, 4) is 11.3 Å². The molecule has 0 atom stereocenters. The van der Waals surface area contributed by atoms with E-state index in [1.807, 2.05) is 0 Å². The van der Waals surface area contributed by atoms with Crippen LogP contribution in [0.1, 0.15) is 13.3 Å². The largest absolute Gasteiger partial charge is 0.456 e. The lowest BCUT2D eigenvalue weighted by molar-refractivity contribution is -0.115. The molecule has 0 aliphatic heterocycles. The summed E-state index contributed by atoms with van der Waals surface area (Å²) in [6.45, 7) is 1.74. The number of halogens is 1.